The van der Waals surface area contributed by atoms with Crippen LogP contribution in [0.5, 0.6) is 0 Å². The highest BCUT2D eigenvalue weighted by Gasteiger charge is 2.26. The summed E-state index contributed by atoms with van der Waals surface area (Å²) in [7, 11) is 0. The number of halogens is 2. The lowest BCUT2D eigenvalue weighted by Gasteiger charge is -2.27. The molecule has 0 heterocycles. The van der Waals surface area contributed by atoms with E-state index < -0.39 is 23.8 Å². The zero-order chi connectivity index (χ0) is 18.7. The van der Waals surface area contributed by atoms with Crippen molar-refractivity contribution in [2.24, 2.45) is 0 Å². The van der Waals surface area contributed by atoms with E-state index in [2.05, 4.69) is 11.4 Å². The average Bonchev–Trinajstić information content (AvgIpc) is 2.63. The Morgan fingerprint density at radius 1 is 1.27 bits per heavy atom. The van der Waals surface area contributed by atoms with Gasteiger partial charge in [0.2, 0.25) is 0 Å². The number of benzene rings is 2. The Bertz CT molecular complexity index is 840. The van der Waals surface area contributed by atoms with E-state index in [4.69, 9.17) is 16.3 Å². The van der Waals surface area contributed by atoms with Crippen LogP contribution < -0.4 is 5.32 Å². The van der Waals surface area contributed by atoms with E-state index in [-0.39, 0.29) is 16.6 Å². The number of rotatable bonds is 4. The lowest BCUT2D eigenvalue weighted by Crippen LogP contribution is -2.39. The molecule has 0 aliphatic heterocycles. The monoisotopic (exact) mass is 375 g/mol. The zero-order valence-corrected chi connectivity index (χ0v) is 15.1. The van der Waals surface area contributed by atoms with Gasteiger partial charge in [-0.25, -0.2) is 9.18 Å². The first-order valence-corrected chi connectivity index (χ1v) is 8.87. The van der Waals surface area contributed by atoms with E-state index in [0.29, 0.717) is 0 Å². The van der Waals surface area contributed by atoms with Crippen molar-refractivity contribution >= 4 is 23.5 Å². The Hall–Kier alpha value is -2.40. The minimum atomic E-state index is -1.05. The Morgan fingerprint density at radius 3 is 2.85 bits per heavy atom. The number of hydrogen-bond acceptors (Lipinski definition) is 3. The van der Waals surface area contributed by atoms with Crippen LogP contribution in [-0.2, 0) is 16.0 Å². The third kappa shape index (κ3) is 4.05. The molecule has 1 aliphatic rings. The predicted octanol–water partition coefficient (Wildman–Crippen LogP) is 4.22. The van der Waals surface area contributed by atoms with Crippen molar-refractivity contribution in [3.8, 4) is 0 Å². The van der Waals surface area contributed by atoms with Crippen molar-refractivity contribution in [3.63, 3.8) is 0 Å². The summed E-state index contributed by atoms with van der Waals surface area (Å²) in [5, 5.41) is 3.14. The summed E-state index contributed by atoms with van der Waals surface area (Å²) in [6.07, 6.45) is 1.74. The van der Waals surface area contributed by atoms with Crippen molar-refractivity contribution in [1.29, 1.82) is 0 Å². The van der Waals surface area contributed by atoms with Gasteiger partial charge in [-0.05, 0) is 55.5 Å². The van der Waals surface area contributed by atoms with E-state index in [0.717, 1.165) is 30.9 Å². The maximum atomic E-state index is 13.7. The number of nitrogens with one attached hydrogen (secondary N) is 1. The number of carbonyl (C=O) groups excluding carboxylic acids is 2. The van der Waals surface area contributed by atoms with Crippen LogP contribution in [0.3, 0.4) is 0 Å². The zero-order valence-electron chi connectivity index (χ0n) is 14.3. The van der Waals surface area contributed by atoms with Crippen molar-refractivity contribution in [2.75, 3.05) is 0 Å². The van der Waals surface area contributed by atoms with Crippen LogP contribution in [-0.4, -0.2) is 18.0 Å². The number of hydrogen-bond donors (Lipinski definition) is 1. The van der Waals surface area contributed by atoms with Crippen LogP contribution in [0.4, 0.5) is 4.39 Å². The maximum Gasteiger partial charge on any atom is 0.341 e. The minimum Gasteiger partial charge on any atom is -0.449 e. The number of fused-ring (bicyclic) bond motifs is 1. The summed E-state index contributed by atoms with van der Waals surface area (Å²) in [5.41, 5.74) is 2.02. The molecule has 2 atom stereocenters. The molecule has 0 radical (unpaired) electrons. The molecular formula is C20H19ClFNO3. The van der Waals surface area contributed by atoms with Gasteiger partial charge in [0.15, 0.2) is 6.10 Å². The third-order valence-corrected chi connectivity index (χ3v) is 4.72. The van der Waals surface area contributed by atoms with Gasteiger partial charge in [-0.2, -0.15) is 0 Å². The first kappa shape index (κ1) is 18.4. The van der Waals surface area contributed by atoms with Crippen molar-refractivity contribution < 1.29 is 18.7 Å². The van der Waals surface area contributed by atoms with E-state index in [1.165, 1.54) is 24.6 Å². The molecule has 0 fully saturated rings. The molecule has 0 spiro atoms. The molecule has 4 nitrogen and oxygen atoms in total. The minimum absolute atomic E-state index is 0.114. The van der Waals surface area contributed by atoms with Gasteiger partial charge in [-0.15, -0.1) is 0 Å². The van der Waals surface area contributed by atoms with E-state index >= 15 is 0 Å². The van der Waals surface area contributed by atoms with Crippen LogP contribution >= 0.6 is 11.6 Å². The topological polar surface area (TPSA) is 55.4 Å². The molecule has 1 aliphatic carbocycles. The van der Waals surface area contributed by atoms with E-state index in [1.807, 2.05) is 18.2 Å². The number of esters is 1. The van der Waals surface area contributed by atoms with E-state index in [9.17, 15) is 14.0 Å². The molecule has 1 N–H and O–H groups in total. The summed E-state index contributed by atoms with van der Waals surface area (Å²) in [6, 6.07) is 11.5. The molecule has 1 amide bonds. The third-order valence-electron chi connectivity index (χ3n) is 4.49. The van der Waals surface area contributed by atoms with Gasteiger partial charge in [-0.1, -0.05) is 35.9 Å². The first-order valence-electron chi connectivity index (χ1n) is 8.50. The smallest absolute Gasteiger partial charge is 0.341 e. The number of ether oxygens (including phenoxy) is 1. The number of carbonyl (C=O) groups is 2. The molecule has 3 rings (SSSR count). The van der Waals surface area contributed by atoms with Gasteiger partial charge in [0.05, 0.1) is 11.6 Å². The summed E-state index contributed by atoms with van der Waals surface area (Å²) >= 11 is 5.78. The van der Waals surface area contributed by atoms with Gasteiger partial charge in [-0.3, -0.25) is 4.79 Å². The SMILES string of the molecule is C[C@@H](OC(=O)c1cc(Cl)ccc1F)C(=O)N[C@H]1CCCc2ccccc21. The molecule has 0 saturated carbocycles. The average molecular weight is 376 g/mol. The Balaban J connectivity index is 1.65. The highest BCUT2D eigenvalue weighted by atomic mass is 35.5. The second-order valence-electron chi connectivity index (χ2n) is 6.32. The van der Waals surface area contributed by atoms with Gasteiger partial charge < -0.3 is 10.1 Å². The predicted molar refractivity (Wildman–Crippen MR) is 96.6 cm³/mol. The molecule has 26 heavy (non-hydrogen) atoms. The fraction of sp³-hybridized carbons (Fsp3) is 0.300. The molecule has 2 aromatic rings. The molecule has 0 unspecified atom stereocenters. The van der Waals surface area contributed by atoms with Gasteiger partial charge >= 0.3 is 5.97 Å². The Morgan fingerprint density at radius 2 is 2.04 bits per heavy atom. The quantitative estimate of drug-likeness (QED) is 0.814. The summed E-state index contributed by atoms with van der Waals surface area (Å²) in [4.78, 5) is 24.6. The second kappa shape index (κ2) is 7.87. The lowest BCUT2D eigenvalue weighted by atomic mass is 9.87. The van der Waals surface area contributed by atoms with E-state index in [1.54, 1.807) is 0 Å². The fourth-order valence-corrected chi connectivity index (χ4v) is 3.30. The van der Waals surface area contributed by atoms with Gasteiger partial charge in [0, 0.05) is 5.02 Å². The molecule has 0 bridgehead atoms. The van der Waals surface area contributed by atoms with Crippen LogP contribution in [0.1, 0.15) is 47.3 Å². The molecule has 2 aromatic carbocycles. The fourth-order valence-electron chi connectivity index (χ4n) is 3.12. The molecule has 136 valence electrons. The highest BCUT2D eigenvalue weighted by molar-refractivity contribution is 6.30. The standard InChI is InChI=1S/C20H19ClFNO3/c1-12(26-20(25)16-11-14(21)9-10-17(16)22)19(24)23-18-8-4-6-13-5-2-3-7-15(13)18/h2-3,5,7,9-12,18H,4,6,8H2,1H3,(H,23,24)/t12-,18+/m1/s1. The van der Waals surface area contributed by atoms with Gasteiger partial charge in [0.1, 0.15) is 5.82 Å². The first-order chi connectivity index (χ1) is 12.5. The van der Waals surface area contributed by atoms with Crippen molar-refractivity contribution in [1.82, 2.24) is 5.32 Å². The molecule has 0 saturated heterocycles. The number of amides is 1. The molecule has 6 heteroatoms. The van der Waals surface area contributed by atoms with Crippen LogP contribution in [0.15, 0.2) is 42.5 Å². The summed E-state index contributed by atoms with van der Waals surface area (Å²) in [5.74, 6) is -2.08. The van der Waals surface area contributed by atoms with Crippen LogP contribution in [0.25, 0.3) is 0 Å². The van der Waals surface area contributed by atoms with Crippen LogP contribution in [0.2, 0.25) is 5.02 Å². The van der Waals surface area contributed by atoms with Crippen molar-refractivity contribution in [2.45, 2.75) is 38.3 Å². The largest absolute Gasteiger partial charge is 0.449 e. The summed E-state index contributed by atoms with van der Waals surface area (Å²) in [6.45, 7) is 1.46. The van der Waals surface area contributed by atoms with Crippen LogP contribution in [0, 0.1) is 5.82 Å². The Kier molecular flexibility index (Phi) is 5.57. The summed E-state index contributed by atoms with van der Waals surface area (Å²) < 4.78 is 18.9. The number of aryl methyl sites for hydroxylation is 1. The normalized spacial score (nSPS) is 17.1. The second-order valence-corrected chi connectivity index (χ2v) is 6.76. The Labute approximate surface area is 156 Å². The lowest BCUT2D eigenvalue weighted by molar-refractivity contribution is -0.130. The molecular weight excluding hydrogens is 357 g/mol. The highest BCUT2D eigenvalue weighted by Crippen LogP contribution is 2.29. The maximum absolute atomic E-state index is 13.7. The molecule has 0 aromatic heterocycles. The van der Waals surface area contributed by atoms with Gasteiger partial charge in [0.25, 0.3) is 5.91 Å². The van der Waals surface area contributed by atoms with Crippen molar-refractivity contribution in [3.05, 3.63) is 70.0 Å².